The highest BCUT2D eigenvalue weighted by Gasteiger charge is 2.30. The second-order valence-corrected chi connectivity index (χ2v) is 10.5. The minimum absolute atomic E-state index is 0.354. The summed E-state index contributed by atoms with van der Waals surface area (Å²) in [6.45, 7) is 1.89. The van der Waals surface area contributed by atoms with Crippen LogP contribution in [0.3, 0.4) is 0 Å². The normalized spacial score (nSPS) is 17.8. The summed E-state index contributed by atoms with van der Waals surface area (Å²) >= 11 is 6.42. The topological polar surface area (TPSA) is 74.6 Å². The third-order valence-electron chi connectivity index (χ3n) is 7.81. The molecule has 0 radical (unpaired) electrons. The van der Waals surface area contributed by atoms with Gasteiger partial charge in [0.25, 0.3) is 0 Å². The van der Waals surface area contributed by atoms with Crippen molar-refractivity contribution in [2.24, 2.45) is 0 Å². The molecule has 2 atom stereocenters. The Morgan fingerprint density at radius 1 is 0.865 bits per heavy atom. The molecule has 2 N–H and O–H groups in total. The van der Waals surface area contributed by atoms with Crippen molar-refractivity contribution in [1.29, 1.82) is 0 Å². The fourth-order valence-corrected chi connectivity index (χ4v) is 6.05. The van der Waals surface area contributed by atoms with E-state index in [1.54, 1.807) is 0 Å². The van der Waals surface area contributed by atoms with Crippen molar-refractivity contribution in [1.82, 2.24) is 0 Å². The molecule has 0 aromatic heterocycles. The van der Waals surface area contributed by atoms with E-state index < -0.39 is 17.9 Å². The number of halogens is 1. The average Bonchev–Trinajstić information content (AvgIpc) is 3.33. The Labute approximate surface area is 224 Å². The molecule has 0 amide bonds. The summed E-state index contributed by atoms with van der Waals surface area (Å²) in [4.78, 5) is 22.3. The van der Waals surface area contributed by atoms with Crippen molar-refractivity contribution in [2.45, 2.75) is 76.0 Å². The monoisotopic (exact) mass is 518 g/mol. The molecule has 0 heterocycles. The van der Waals surface area contributed by atoms with Crippen LogP contribution in [0.2, 0.25) is 5.02 Å². The Morgan fingerprint density at radius 3 is 2.11 bits per heavy atom. The molecule has 37 heavy (non-hydrogen) atoms. The lowest BCUT2D eigenvalue weighted by molar-refractivity contribution is -0.139. The molecule has 194 valence electrons. The first-order chi connectivity index (χ1) is 17.9. The van der Waals surface area contributed by atoms with Crippen molar-refractivity contribution in [3.63, 3.8) is 0 Å². The van der Waals surface area contributed by atoms with Gasteiger partial charge in [-0.1, -0.05) is 98.5 Å². The maximum atomic E-state index is 11.2. The molecule has 5 rings (SSSR count). The quantitative estimate of drug-likeness (QED) is 0.343. The number of carboxylic acid groups (broad SMARTS) is 2. The van der Waals surface area contributed by atoms with Gasteiger partial charge in [0.2, 0.25) is 0 Å². The van der Waals surface area contributed by atoms with Crippen LogP contribution in [0, 0.1) is 0 Å². The van der Waals surface area contributed by atoms with Gasteiger partial charge in [-0.05, 0) is 77.5 Å². The van der Waals surface area contributed by atoms with Gasteiger partial charge in [-0.3, -0.25) is 9.59 Å². The van der Waals surface area contributed by atoms with E-state index in [1.807, 2.05) is 67.6 Å². The SMILES string of the molecule is CCC(C(=O)O)c1ccc(-c2ccccc2)cc1.O=C(O)C1CCc2cc(C3CCCCC3)c(Cl)cc21. The molecule has 2 unspecified atom stereocenters. The molecule has 0 aliphatic heterocycles. The van der Waals surface area contributed by atoms with E-state index in [9.17, 15) is 14.7 Å². The summed E-state index contributed by atoms with van der Waals surface area (Å²) in [6, 6.07) is 22.0. The summed E-state index contributed by atoms with van der Waals surface area (Å²) < 4.78 is 0. The van der Waals surface area contributed by atoms with E-state index in [2.05, 4.69) is 6.07 Å². The fraction of sp³-hybridized carbons (Fsp3) is 0.375. The van der Waals surface area contributed by atoms with Gasteiger partial charge in [0.05, 0.1) is 11.8 Å². The Balaban J connectivity index is 0.000000173. The number of hydrogen-bond acceptors (Lipinski definition) is 2. The molecule has 2 aliphatic carbocycles. The number of hydrogen-bond donors (Lipinski definition) is 2. The standard InChI is InChI=1S/C16H19ClO2.C16H16O2/c17-15-9-13-11(6-7-12(13)16(18)19)8-14(15)10-4-2-1-3-5-10;1-2-15(16(17)18)14-10-8-13(9-11-14)12-6-4-3-5-7-12/h8-10,12H,1-7H2,(H,18,19);3-11,15H,2H2,1H3,(H,17,18). The third-order valence-corrected chi connectivity index (χ3v) is 8.13. The van der Waals surface area contributed by atoms with E-state index in [0.29, 0.717) is 12.3 Å². The first-order valence-corrected chi connectivity index (χ1v) is 13.7. The second-order valence-electron chi connectivity index (χ2n) is 10.1. The van der Waals surface area contributed by atoms with Crippen LogP contribution in [0.4, 0.5) is 0 Å². The highest BCUT2D eigenvalue weighted by atomic mass is 35.5. The molecule has 3 aromatic carbocycles. The first-order valence-electron chi connectivity index (χ1n) is 13.3. The zero-order valence-electron chi connectivity index (χ0n) is 21.3. The van der Waals surface area contributed by atoms with Crippen molar-refractivity contribution in [3.05, 3.63) is 94.0 Å². The maximum Gasteiger partial charge on any atom is 0.310 e. The maximum absolute atomic E-state index is 11.2. The molecule has 0 spiro atoms. The van der Waals surface area contributed by atoms with Crippen LogP contribution in [0.1, 0.15) is 91.9 Å². The molecule has 3 aromatic rings. The molecule has 5 heteroatoms. The van der Waals surface area contributed by atoms with Crippen LogP contribution in [0.25, 0.3) is 11.1 Å². The van der Waals surface area contributed by atoms with Crippen molar-refractivity contribution in [3.8, 4) is 11.1 Å². The smallest absolute Gasteiger partial charge is 0.310 e. The zero-order chi connectivity index (χ0) is 26.4. The van der Waals surface area contributed by atoms with Gasteiger partial charge in [-0.2, -0.15) is 0 Å². The number of carboxylic acids is 2. The summed E-state index contributed by atoms with van der Waals surface area (Å²) in [5.41, 5.74) is 6.53. The van der Waals surface area contributed by atoms with Gasteiger partial charge in [0, 0.05) is 5.02 Å². The van der Waals surface area contributed by atoms with Crippen molar-refractivity contribution >= 4 is 23.5 Å². The van der Waals surface area contributed by atoms with Gasteiger partial charge in [0.15, 0.2) is 0 Å². The van der Waals surface area contributed by atoms with E-state index in [-0.39, 0.29) is 5.92 Å². The molecular weight excluding hydrogens is 484 g/mol. The van der Waals surface area contributed by atoms with Crippen LogP contribution in [0.15, 0.2) is 66.7 Å². The van der Waals surface area contributed by atoms with Crippen LogP contribution in [0.5, 0.6) is 0 Å². The third kappa shape index (κ3) is 6.42. The summed E-state index contributed by atoms with van der Waals surface area (Å²) in [6.07, 6.45) is 8.56. The molecule has 1 saturated carbocycles. The van der Waals surface area contributed by atoms with Gasteiger partial charge < -0.3 is 10.2 Å². The highest BCUT2D eigenvalue weighted by Crippen LogP contribution is 2.42. The number of benzene rings is 3. The van der Waals surface area contributed by atoms with E-state index in [0.717, 1.165) is 40.1 Å². The minimum Gasteiger partial charge on any atom is -0.481 e. The van der Waals surface area contributed by atoms with Crippen LogP contribution in [-0.4, -0.2) is 22.2 Å². The predicted octanol–water partition coefficient (Wildman–Crippen LogP) is 8.43. The lowest BCUT2D eigenvalue weighted by Crippen LogP contribution is -2.10. The first kappa shape index (κ1) is 26.9. The molecular formula is C32H35ClO4. The largest absolute Gasteiger partial charge is 0.481 e. The fourth-order valence-electron chi connectivity index (χ4n) is 5.72. The molecule has 2 aliphatic rings. The molecule has 4 nitrogen and oxygen atoms in total. The van der Waals surface area contributed by atoms with Crippen molar-refractivity contribution < 1.29 is 19.8 Å². The minimum atomic E-state index is -0.759. The Kier molecular flexibility index (Phi) is 9.04. The molecule has 1 fully saturated rings. The van der Waals surface area contributed by atoms with Crippen LogP contribution in [-0.2, 0) is 16.0 Å². The molecule has 0 saturated heterocycles. The Morgan fingerprint density at radius 2 is 1.51 bits per heavy atom. The number of aryl methyl sites for hydroxylation is 1. The van der Waals surface area contributed by atoms with E-state index >= 15 is 0 Å². The number of carbonyl (C=O) groups is 2. The van der Waals surface area contributed by atoms with Crippen molar-refractivity contribution in [2.75, 3.05) is 0 Å². The van der Waals surface area contributed by atoms with E-state index in [1.165, 1.54) is 43.2 Å². The highest BCUT2D eigenvalue weighted by molar-refractivity contribution is 6.31. The Bertz CT molecular complexity index is 1210. The predicted molar refractivity (Wildman–Crippen MR) is 149 cm³/mol. The molecule has 0 bridgehead atoms. The lowest BCUT2D eigenvalue weighted by atomic mass is 9.83. The van der Waals surface area contributed by atoms with Gasteiger partial charge in [-0.25, -0.2) is 0 Å². The Hall–Kier alpha value is -3.11. The van der Waals surface area contributed by atoms with Crippen LogP contribution >= 0.6 is 11.6 Å². The average molecular weight is 519 g/mol. The van der Waals surface area contributed by atoms with Crippen LogP contribution < -0.4 is 0 Å². The summed E-state index contributed by atoms with van der Waals surface area (Å²) in [5, 5.41) is 19.1. The lowest BCUT2D eigenvalue weighted by Gasteiger charge is -2.24. The van der Waals surface area contributed by atoms with Gasteiger partial charge >= 0.3 is 11.9 Å². The number of rotatable bonds is 6. The number of aliphatic carboxylic acids is 2. The van der Waals surface area contributed by atoms with E-state index in [4.69, 9.17) is 16.7 Å². The summed E-state index contributed by atoms with van der Waals surface area (Å²) in [7, 11) is 0. The second kappa shape index (κ2) is 12.4. The number of fused-ring (bicyclic) bond motifs is 1. The zero-order valence-corrected chi connectivity index (χ0v) is 22.1. The van der Waals surface area contributed by atoms with Gasteiger partial charge in [-0.15, -0.1) is 0 Å². The van der Waals surface area contributed by atoms with Gasteiger partial charge in [0.1, 0.15) is 0 Å². The summed E-state index contributed by atoms with van der Waals surface area (Å²) in [5.74, 6) is -1.66.